The van der Waals surface area contributed by atoms with Crippen LogP contribution in [0, 0.1) is 5.41 Å². The monoisotopic (exact) mass is 487 g/mol. The van der Waals surface area contributed by atoms with Gasteiger partial charge < -0.3 is 20.4 Å². The van der Waals surface area contributed by atoms with Crippen LogP contribution in [0.15, 0.2) is 29.3 Å². The minimum atomic E-state index is 0. The molecule has 1 heterocycles. The number of para-hydroxylation sites is 2. The second kappa shape index (κ2) is 11.5. The highest BCUT2D eigenvalue weighted by Crippen LogP contribution is 2.21. The normalized spacial score (nSPS) is 13.3. The van der Waals surface area contributed by atoms with Crippen molar-refractivity contribution in [2.75, 3.05) is 26.7 Å². The molecule has 7 heteroatoms. The van der Waals surface area contributed by atoms with Crippen molar-refractivity contribution in [2.45, 2.75) is 46.6 Å². The van der Waals surface area contributed by atoms with Crippen LogP contribution in [0.1, 0.15) is 39.9 Å². The zero-order chi connectivity index (χ0) is 19.0. The lowest BCUT2D eigenvalue weighted by Crippen LogP contribution is -2.39. The molecular formula is C20H34IN5O. The van der Waals surface area contributed by atoms with E-state index in [0.717, 1.165) is 48.7 Å². The lowest BCUT2D eigenvalue weighted by molar-refractivity contribution is 0.0241. The van der Waals surface area contributed by atoms with E-state index in [1.807, 2.05) is 18.2 Å². The summed E-state index contributed by atoms with van der Waals surface area (Å²) in [6, 6.07) is 8.13. The Balaban J connectivity index is 0.00000364. The molecule has 0 saturated heterocycles. The minimum Gasteiger partial charge on any atom is -0.379 e. The first-order valence-electron chi connectivity index (χ1n) is 9.42. The van der Waals surface area contributed by atoms with Crippen molar-refractivity contribution in [3.05, 3.63) is 30.1 Å². The number of nitrogens with one attached hydrogen (secondary N) is 3. The number of hydrogen-bond acceptors (Lipinski definition) is 3. The number of nitrogens with zero attached hydrogens (tertiary/aromatic N) is 2. The molecule has 1 atom stereocenters. The number of aromatic amines is 1. The Morgan fingerprint density at radius 1 is 1.26 bits per heavy atom. The van der Waals surface area contributed by atoms with Crippen molar-refractivity contribution in [3.63, 3.8) is 0 Å². The Bertz CT molecular complexity index is 675. The van der Waals surface area contributed by atoms with Crippen molar-refractivity contribution < 1.29 is 4.74 Å². The molecule has 0 aliphatic carbocycles. The molecule has 2 rings (SSSR count). The number of H-pyrrole nitrogens is 1. The Hall–Kier alpha value is -1.35. The van der Waals surface area contributed by atoms with Gasteiger partial charge in [0.15, 0.2) is 5.96 Å². The third-order valence-corrected chi connectivity index (χ3v) is 4.33. The molecule has 0 aliphatic heterocycles. The number of ether oxygens (including phenoxy) is 1. The average Bonchev–Trinajstić information content (AvgIpc) is 3.00. The number of guanidine groups is 1. The topological polar surface area (TPSA) is 74.3 Å². The zero-order valence-corrected chi connectivity index (χ0v) is 19.5. The minimum absolute atomic E-state index is 0. The van der Waals surface area contributed by atoms with E-state index in [2.05, 4.69) is 59.4 Å². The maximum absolute atomic E-state index is 5.58. The fourth-order valence-corrected chi connectivity index (χ4v) is 2.80. The highest BCUT2D eigenvalue weighted by atomic mass is 127. The number of aliphatic imine (C=N–C) groups is 1. The van der Waals surface area contributed by atoms with E-state index in [4.69, 9.17) is 4.74 Å². The molecule has 0 bridgehead atoms. The Labute approximate surface area is 180 Å². The predicted octanol–water partition coefficient (Wildman–Crippen LogP) is 3.73. The van der Waals surface area contributed by atoms with Crippen LogP contribution in [-0.4, -0.2) is 48.8 Å². The van der Waals surface area contributed by atoms with Crippen LogP contribution in [-0.2, 0) is 11.2 Å². The Kier molecular flexibility index (Phi) is 10.1. The Morgan fingerprint density at radius 2 is 2.00 bits per heavy atom. The summed E-state index contributed by atoms with van der Waals surface area (Å²) in [7, 11) is 1.75. The maximum atomic E-state index is 5.58. The first kappa shape index (κ1) is 23.7. The summed E-state index contributed by atoms with van der Waals surface area (Å²) >= 11 is 0. The molecule has 0 saturated carbocycles. The van der Waals surface area contributed by atoms with Crippen molar-refractivity contribution in [3.8, 4) is 0 Å². The second-order valence-corrected chi connectivity index (χ2v) is 7.54. The van der Waals surface area contributed by atoms with Crippen LogP contribution < -0.4 is 10.6 Å². The van der Waals surface area contributed by atoms with Gasteiger partial charge in [0.05, 0.1) is 23.7 Å². The first-order chi connectivity index (χ1) is 12.4. The number of hydrogen-bond donors (Lipinski definition) is 3. The van der Waals surface area contributed by atoms with Crippen LogP contribution in [0.4, 0.5) is 0 Å². The van der Waals surface area contributed by atoms with Gasteiger partial charge in [-0.3, -0.25) is 4.99 Å². The summed E-state index contributed by atoms with van der Waals surface area (Å²) in [4.78, 5) is 12.7. The number of aromatic nitrogens is 2. The van der Waals surface area contributed by atoms with Gasteiger partial charge in [0.2, 0.25) is 0 Å². The van der Waals surface area contributed by atoms with E-state index in [-0.39, 0.29) is 35.5 Å². The smallest absolute Gasteiger partial charge is 0.191 e. The summed E-state index contributed by atoms with van der Waals surface area (Å²) in [5, 5.41) is 6.69. The zero-order valence-electron chi connectivity index (χ0n) is 17.1. The molecule has 0 spiro atoms. The third kappa shape index (κ3) is 7.65. The fraction of sp³-hybridized carbons (Fsp3) is 0.600. The summed E-state index contributed by atoms with van der Waals surface area (Å²) in [6.45, 7) is 10.9. The van der Waals surface area contributed by atoms with E-state index in [1.54, 1.807) is 7.11 Å². The molecule has 0 amide bonds. The van der Waals surface area contributed by atoms with Gasteiger partial charge in [0.25, 0.3) is 0 Å². The van der Waals surface area contributed by atoms with E-state index in [1.165, 1.54) is 0 Å². The molecule has 6 nitrogen and oxygen atoms in total. The lowest BCUT2D eigenvalue weighted by Gasteiger charge is -2.28. The number of rotatable bonds is 8. The molecule has 1 unspecified atom stereocenters. The van der Waals surface area contributed by atoms with Gasteiger partial charge in [-0.1, -0.05) is 32.9 Å². The molecule has 27 heavy (non-hydrogen) atoms. The van der Waals surface area contributed by atoms with Crippen LogP contribution in [0.5, 0.6) is 0 Å². The van der Waals surface area contributed by atoms with E-state index in [0.29, 0.717) is 6.54 Å². The SMILES string of the molecule is CCNC(=NCC(OC)C(C)(C)C)NCCCc1nc2ccccc2[nH]1.I. The van der Waals surface area contributed by atoms with Gasteiger partial charge in [-0.05, 0) is 30.9 Å². The van der Waals surface area contributed by atoms with E-state index >= 15 is 0 Å². The number of imidazole rings is 1. The largest absolute Gasteiger partial charge is 0.379 e. The molecule has 0 aliphatic rings. The summed E-state index contributed by atoms with van der Waals surface area (Å²) in [5.74, 6) is 1.87. The number of methoxy groups -OCH3 is 1. The first-order valence-corrected chi connectivity index (χ1v) is 9.42. The fourth-order valence-electron chi connectivity index (χ4n) is 2.80. The predicted molar refractivity (Wildman–Crippen MR) is 124 cm³/mol. The van der Waals surface area contributed by atoms with E-state index in [9.17, 15) is 0 Å². The van der Waals surface area contributed by atoms with Gasteiger partial charge in [0.1, 0.15) is 5.82 Å². The molecule has 152 valence electrons. The number of benzene rings is 1. The van der Waals surface area contributed by atoms with Crippen LogP contribution in [0.2, 0.25) is 0 Å². The van der Waals surface area contributed by atoms with Gasteiger partial charge in [-0.2, -0.15) is 0 Å². The quantitative estimate of drug-likeness (QED) is 0.230. The van der Waals surface area contributed by atoms with Gasteiger partial charge >= 0.3 is 0 Å². The highest BCUT2D eigenvalue weighted by Gasteiger charge is 2.24. The van der Waals surface area contributed by atoms with Gasteiger partial charge in [0, 0.05) is 26.6 Å². The molecule has 3 N–H and O–H groups in total. The van der Waals surface area contributed by atoms with Crippen LogP contribution >= 0.6 is 24.0 Å². The molecule has 1 aromatic carbocycles. The molecule has 2 aromatic rings. The van der Waals surface area contributed by atoms with Gasteiger partial charge in [-0.15, -0.1) is 24.0 Å². The number of fused-ring (bicyclic) bond motifs is 1. The van der Waals surface area contributed by atoms with Crippen LogP contribution in [0.25, 0.3) is 11.0 Å². The summed E-state index contributed by atoms with van der Waals surface area (Å²) in [5.41, 5.74) is 2.19. The van der Waals surface area contributed by atoms with Crippen molar-refractivity contribution >= 4 is 41.0 Å². The molecule has 0 fully saturated rings. The molecule has 1 aromatic heterocycles. The second-order valence-electron chi connectivity index (χ2n) is 7.54. The number of aryl methyl sites for hydroxylation is 1. The van der Waals surface area contributed by atoms with Crippen molar-refractivity contribution in [1.29, 1.82) is 0 Å². The number of halogens is 1. The average molecular weight is 487 g/mol. The summed E-state index contributed by atoms with van der Waals surface area (Å²) < 4.78 is 5.58. The van der Waals surface area contributed by atoms with Gasteiger partial charge in [-0.25, -0.2) is 4.98 Å². The highest BCUT2D eigenvalue weighted by molar-refractivity contribution is 14.0. The molecular weight excluding hydrogens is 453 g/mol. The maximum Gasteiger partial charge on any atom is 0.191 e. The summed E-state index contributed by atoms with van der Waals surface area (Å²) in [6.07, 6.45) is 1.98. The lowest BCUT2D eigenvalue weighted by atomic mass is 9.89. The van der Waals surface area contributed by atoms with Crippen molar-refractivity contribution in [1.82, 2.24) is 20.6 Å². The van der Waals surface area contributed by atoms with Crippen molar-refractivity contribution in [2.24, 2.45) is 10.4 Å². The molecule has 0 radical (unpaired) electrons. The van der Waals surface area contributed by atoms with E-state index < -0.39 is 0 Å². The Morgan fingerprint density at radius 3 is 2.63 bits per heavy atom. The standard InChI is InChI=1S/C20H33N5O.HI/c1-6-21-19(23-14-17(26-5)20(2,3)4)22-13-9-12-18-24-15-10-7-8-11-16(15)25-18;/h7-8,10-11,17H,6,9,12-14H2,1-5H3,(H,24,25)(H2,21,22,23);1H. The van der Waals surface area contributed by atoms with Crippen LogP contribution in [0.3, 0.4) is 0 Å². The third-order valence-electron chi connectivity index (χ3n) is 4.33.